The monoisotopic (exact) mass is 538 g/mol. The zero-order chi connectivity index (χ0) is 26.7. The summed E-state index contributed by atoms with van der Waals surface area (Å²) in [6.07, 6.45) is 0.473. The van der Waals surface area contributed by atoms with Crippen molar-refractivity contribution in [2.24, 2.45) is 17.4 Å². The van der Waals surface area contributed by atoms with E-state index >= 15 is 0 Å². The fraction of sp³-hybridized carbons (Fsp3) is 0.522. The van der Waals surface area contributed by atoms with E-state index in [9.17, 15) is 24.0 Å². The number of carbonyl (C=O) groups is 5. The summed E-state index contributed by atoms with van der Waals surface area (Å²) >= 11 is 0. The van der Waals surface area contributed by atoms with Gasteiger partial charge in [-0.15, -0.1) is 0 Å². The zero-order valence-corrected chi connectivity index (χ0v) is 22.0. The maximum Gasteiger partial charge on any atom is 0.243 e. The van der Waals surface area contributed by atoms with Crippen LogP contribution in [0.25, 0.3) is 0 Å². The lowest BCUT2D eigenvalue weighted by atomic mass is 10.0. The Morgan fingerprint density at radius 1 is 0.944 bits per heavy atom. The Bertz CT molecular complexity index is 933. The summed E-state index contributed by atoms with van der Waals surface area (Å²) < 4.78 is 0. The molecule has 36 heavy (non-hydrogen) atoms. The molecular weight excluding hydrogens is 504 g/mol. The van der Waals surface area contributed by atoms with Crippen molar-refractivity contribution in [3.05, 3.63) is 35.9 Å². The molecule has 13 heteroatoms. The van der Waals surface area contributed by atoms with E-state index in [2.05, 4.69) is 21.3 Å². The minimum atomic E-state index is -1.02. The highest BCUT2D eigenvalue weighted by Crippen LogP contribution is 2.22. The van der Waals surface area contributed by atoms with E-state index in [0.717, 1.165) is 5.56 Å². The van der Waals surface area contributed by atoms with Gasteiger partial charge in [0.15, 0.2) is 0 Å². The van der Waals surface area contributed by atoms with Crippen molar-refractivity contribution in [1.82, 2.24) is 21.3 Å². The van der Waals surface area contributed by atoms with E-state index in [0.29, 0.717) is 6.42 Å². The largest absolute Gasteiger partial charge is 0.368 e. The Balaban J connectivity index is 2.32. The third-order valence-electron chi connectivity index (χ3n) is 5.26. The predicted molar refractivity (Wildman–Crippen MR) is 140 cm³/mol. The second-order valence-electron chi connectivity index (χ2n) is 8.86. The molecule has 0 bridgehead atoms. The SMILES string of the molecule is CC(C)C[C@@H]1NC(=O)CNC(=O)[C@@H](N)CSSC[C@@H](C(N)=O)NC(=O)[C@H](Cc2ccccc2)NC1=O. The summed E-state index contributed by atoms with van der Waals surface area (Å²) in [6.45, 7) is 3.44. The molecule has 1 saturated heterocycles. The number of nitrogens with two attached hydrogens (primary N) is 2. The molecule has 2 rings (SSSR count). The fourth-order valence-corrected chi connectivity index (χ4v) is 5.66. The van der Waals surface area contributed by atoms with Crippen molar-refractivity contribution in [1.29, 1.82) is 0 Å². The number of rotatable bonds is 5. The molecule has 8 N–H and O–H groups in total. The first kappa shape index (κ1) is 29.5. The Morgan fingerprint density at radius 2 is 1.58 bits per heavy atom. The van der Waals surface area contributed by atoms with E-state index < -0.39 is 53.7 Å². The van der Waals surface area contributed by atoms with Crippen LogP contribution in [0.15, 0.2) is 30.3 Å². The minimum Gasteiger partial charge on any atom is -0.368 e. The smallest absolute Gasteiger partial charge is 0.243 e. The van der Waals surface area contributed by atoms with Crippen molar-refractivity contribution in [2.45, 2.75) is 50.9 Å². The van der Waals surface area contributed by atoms with Crippen LogP contribution >= 0.6 is 21.6 Å². The average Bonchev–Trinajstić information content (AvgIpc) is 2.82. The number of hydrogen-bond acceptors (Lipinski definition) is 8. The Hall–Kier alpha value is -2.77. The third-order valence-corrected chi connectivity index (χ3v) is 7.71. The summed E-state index contributed by atoms with van der Waals surface area (Å²) in [6, 6.07) is 5.25. The van der Waals surface area contributed by atoms with Gasteiger partial charge in [-0.05, 0) is 17.9 Å². The topological polar surface area (TPSA) is 186 Å². The van der Waals surface area contributed by atoms with Crippen LogP contribution in [0.4, 0.5) is 0 Å². The molecule has 4 atom stereocenters. The number of nitrogens with one attached hydrogen (secondary N) is 4. The van der Waals surface area contributed by atoms with Gasteiger partial charge >= 0.3 is 0 Å². The molecule has 0 radical (unpaired) electrons. The van der Waals surface area contributed by atoms with Crippen molar-refractivity contribution in [3.63, 3.8) is 0 Å². The molecule has 1 heterocycles. The van der Waals surface area contributed by atoms with Crippen molar-refractivity contribution in [3.8, 4) is 0 Å². The van der Waals surface area contributed by atoms with E-state index in [1.807, 2.05) is 44.2 Å². The molecule has 11 nitrogen and oxygen atoms in total. The molecule has 1 aliphatic rings. The van der Waals surface area contributed by atoms with Crippen LogP contribution in [0.1, 0.15) is 25.8 Å². The molecular formula is C23H34N6O5S2. The summed E-state index contributed by atoms with van der Waals surface area (Å²) in [5.74, 6) is -2.53. The molecule has 5 amide bonds. The van der Waals surface area contributed by atoms with E-state index in [4.69, 9.17) is 11.5 Å². The molecule has 1 aromatic carbocycles. The maximum absolute atomic E-state index is 13.2. The van der Waals surface area contributed by atoms with Crippen LogP contribution in [0, 0.1) is 5.92 Å². The van der Waals surface area contributed by atoms with Crippen LogP contribution in [0.5, 0.6) is 0 Å². The second kappa shape index (κ2) is 14.7. The lowest BCUT2D eigenvalue weighted by Gasteiger charge is -2.25. The van der Waals surface area contributed by atoms with Gasteiger partial charge in [-0.1, -0.05) is 65.8 Å². The van der Waals surface area contributed by atoms with Crippen LogP contribution < -0.4 is 32.7 Å². The Kier molecular flexibility index (Phi) is 12.0. The van der Waals surface area contributed by atoms with Gasteiger partial charge < -0.3 is 32.7 Å². The summed E-state index contributed by atoms with van der Waals surface area (Å²) in [4.78, 5) is 63.1. The van der Waals surface area contributed by atoms with Gasteiger partial charge in [0.1, 0.15) is 18.1 Å². The maximum atomic E-state index is 13.2. The standard InChI is InChI=1S/C23H34N6O5S2/c1-13(2)8-16-22(33)28-17(9-14-6-4-3-5-7-14)23(34)29-18(20(25)31)12-36-35-11-15(24)21(32)26-10-19(30)27-16/h3-7,13,15-18H,8-12,24H2,1-2H3,(H2,25,31)(H,26,32)(H,27,30)(H,28,33)(H,29,34)/t15-,16-,17-,18-/m0/s1. The van der Waals surface area contributed by atoms with Gasteiger partial charge in [0, 0.05) is 17.9 Å². The van der Waals surface area contributed by atoms with Crippen LogP contribution in [-0.4, -0.2) is 71.8 Å². The second-order valence-corrected chi connectivity index (χ2v) is 11.4. The fourth-order valence-electron chi connectivity index (χ4n) is 3.36. The number of amides is 5. The van der Waals surface area contributed by atoms with Crippen LogP contribution in [0.3, 0.4) is 0 Å². The molecule has 1 aromatic rings. The molecule has 0 aromatic heterocycles. The first-order valence-corrected chi connectivity index (χ1v) is 14.1. The van der Waals surface area contributed by atoms with Crippen molar-refractivity contribution < 1.29 is 24.0 Å². The van der Waals surface area contributed by atoms with Gasteiger partial charge in [0.05, 0.1) is 12.6 Å². The molecule has 0 unspecified atom stereocenters. The third kappa shape index (κ3) is 10.1. The van der Waals surface area contributed by atoms with Gasteiger partial charge in [0.2, 0.25) is 29.5 Å². The minimum absolute atomic E-state index is 0.0489. The predicted octanol–water partition coefficient (Wildman–Crippen LogP) is -0.947. The molecule has 1 aliphatic heterocycles. The highest BCUT2D eigenvalue weighted by molar-refractivity contribution is 8.76. The lowest BCUT2D eigenvalue weighted by molar-refractivity contribution is -0.133. The van der Waals surface area contributed by atoms with Crippen molar-refractivity contribution >= 4 is 51.1 Å². The summed E-state index contributed by atoms with van der Waals surface area (Å²) in [5, 5.41) is 10.5. The highest BCUT2D eigenvalue weighted by Gasteiger charge is 2.30. The Labute approximate surface area is 218 Å². The highest BCUT2D eigenvalue weighted by atomic mass is 33.1. The van der Waals surface area contributed by atoms with E-state index in [-0.39, 0.29) is 30.4 Å². The summed E-state index contributed by atoms with van der Waals surface area (Å²) in [5.41, 5.74) is 12.2. The van der Waals surface area contributed by atoms with Gasteiger partial charge in [-0.2, -0.15) is 0 Å². The first-order chi connectivity index (χ1) is 17.1. The van der Waals surface area contributed by atoms with Gasteiger partial charge in [0.25, 0.3) is 0 Å². The van der Waals surface area contributed by atoms with Crippen LogP contribution in [0.2, 0.25) is 0 Å². The molecule has 1 fully saturated rings. The quantitative estimate of drug-likeness (QED) is 0.259. The molecule has 198 valence electrons. The van der Waals surface area contributed by atoms with E-state index in [1.165, 1.54) is 21.6 Å². The number of hydrogen-bond donors (Lipinski definition) is 6. The molecule has 0 aliphatic carbocycles. The number of benzene rings is 1. The zero-order valence-electron chi connectivity index (χ0n) is 20.3. The van der Waals surface area contributed by atoms with Crippen LogP contribution in [-0.2, 0) is 30.4 Å². The normalized spacial score (nSPS) is 25.2. The van der Waals surface area contributed by atoms with Gasteiger partial charge in [-0.3, -0.25) is 24.0 Å². The number of carbonyl (C=O) groups excluding carboxylic acids is 5. The number of primary amides is 1. The molecule has 0 saturated carbocycles. The van der Waals surface area contributed by atoms with Gasteiger partial charge in [-0.25, -0.2) is 0 Å². The summed E-state index contributed by atoms with van der Waals surface area (Å²) in [7, 11) is 2.47. The lowest BCUT2D eigenvalue weighted by Crippen LogP contribution is -2.58. The van der Waals surface area contributed by atoms with E-state index in [1.54, 1.807) is 0 Å². The first-order valence-electron chi connectivity index (χ1n) is 11.6. The Morgan fingerprint density at radius 3 is 2.22 bits per heavy atom. The average molecular weight is 539 g/mol. The van der Waals surface area contributed by atoms with Crippen molar-refractivity contribution in [2.75, 3.05) is 18.1 Å². The molecule has 0 spiro atoms.